The fraction of sp³-hybridized carbons (Fsp3) is 0.235. The quantitative estimate of drug-likeness (QED) is 0.840. The first-order valence-electron chi connectivity index (χ1n) is 7.31. The van der Waals surface area contributed by atoms with Crippen molar-refractivity contribution in [1.82, 2.24) is 0 Å². The van der Waals surface area contributed by atoms with Gasteiger partial charge in [0.05, 0.1) is 11.9 Å². The number of hydrogen-bond acceptors (Lipinski definition) is 4. The van der Waals surface area contributed by atoms with Crippen LogP contribution < -0.4 is 14.8 Å². The molecule has 0 heterocycles. The summed E-state index contributed by atoms with van der Waals surface area (Å²) in [6.45, 7) is 3.77. The number of aryl methyl sites for hydroxylation is 2. The second-order valence-electron chi connectivity index (χ2n) is 5.56. The fourth-order valence-corrected chi connectivity index (χ4v) is 2.73. The summed E-state index contributed by atoms with van der Waals surface area (Å²) in [7, 11) is -3.36. The molecule has 0 spiro atoms. The van der Waals surface area contributed by atoms with E-state index in [2.05, 4.69) is 10.0 Å². The van der Waals surface area contributed by atoms with Crippen molar-refractivity contribution in [1.29, 1.82) is 0 Å². The lowest BCUT2D eigenvalue weighted by atomic mass is 10.1. The van der Waals surface area contributed by atoms with Crippen molar-refractivity contribution in [2.45, 2.75) is 13.8 Å². The summed E-state index contributed by atoms with van der Waals surface area (Å²) in [5.74, 6) is 0.328. The normalized spacial score (nSPS) is 11.0. The van der Waals surface area contributed by atoms with Crippen molar-refractivity contribution in [3.05, 3.63) is 53.6 Å². The van der Waals surface area contributed by atoms with E-state index in [9.17, 15) is 13.2 Å². The van der Waals surface area contributed by atoms with Gasteiger partial charge in [-0.3, -0.25) is 9.52 Å². The van der Waals surface area contributed by atoms with E-state index in [0.717, 1.165) is 17.4 Å². The third-order valence-electron chi connectivity index (χ3n) is 3.14. The van der Waals surface area contributed by atoms with Gasteiger partial charge in [-0.25, -0.2) is 8.42 Å². The van der Waals surface area contributed by atoms with Crippen LogP contribution in [0.2, 0.25) is 0 Å². The highest BCUT2D eigenvalue weighted by Gasteiger charge is 2.07. The lowest BCUT2D eigenvalue weighted by Gasteiger charge is -2.11. The van der Waals surface area contributed by atoms with Gasteiger partial charge in [-0.05, 0) is 43.7 Å². The number of anilines is 2. The molecule has 1 amide bonds. The molecule has 0 aliphatic rings. The van der Waals surface area contributed by atoms with Crippen molar-refractivity contribution in [2.24, 2.45) is 0 Å². The van der Waals surface area contributed by atoms with Crippen molar-refractivity contribution in [3.63, 3.8) is 0 Å². The predicted octanol–water partition coefficient (Wildman–Crippen LogP) is 2.69. The first-order chi connectivity index (χ1) is 11.2. The molecule has 0 aromatic heterocycles. The Bertz CT molecular complexity index is 847. The van der Waals surface area contributed by atoms with Crippen LogP contribution in [0.15, 0.2) is 42.5 Å². The van der Waals surface area contributed by atoms with Gasteiger partial charge in [-0.1, -0.05) is 23.8 Å². The molecule has 24 heavy (non-hydrogen) atoms. The van der Waals surface area contributed by atoms with Crippen LogP contribution in [-0.2, 0) is 14.8 Å². The van der Waals surface area contributed by atoms with E-state index in [0.29, 0.717) is 17.1 Å². The van der Waals surface area contributed by atoms with E-state index in [4.69, 9.17) is 4.74 Å². The summed E-state index contributed by atoms with van der Waals surface area (Å²) in [6.07, 6.45) is 1.07. The van der Waals surface area contributed by atoms with Crippen LogP contribution in [0, 0.1) is 13.8 Å². The van der Waals surface area contributed by atoms with Crippen molar-refractivity contribution < 1.29 is 17.9 Å². The Morgan fingerprint density at radius 1 is 1.08 bits per heavy atom. The second kappa shape index (κ2) is 7.35. The molecule has 0 aliphatic carbocycles. The van der Waals surface area contributed by atoms with Crippen LogP contribution in [0.4, 0.5) is 11.4 Å². The Morgan fingerprint density at radius 3 is 2.46 bits per heavy atom. The van der Waals surface area contributed by atoms with E-state index in [1.807, 2.05) is 32.0 Å². The molecule has 0 bridgehead atoms. The zero-order valence-corrected chi connectivity index (χ0v) is 14.6. The van der Waals surface area contributed by atoms with Crippen LogP contribution in [0.3, 0.4) is 0 Å². The summed E-state index contributed by atoms with van der Waals surface area (Å²) in [4.78, 5) is 12.0. The van der Waals surface area contributed by atoms with E-state index in [1.165, 1.54) is 6.07 Å². The number of hydrogen-bond donors (Lipinski definition) is 2. The van der Waals surface area contributed by atoms with Gasteiger partial charge in [0.25, 0.3) is 5.91 Å². The zero-order chi connectivity index (χ0) is 17.7. The van der Waals surface area contributed by atoms with E-state index >= 15 is 0 Å². The van der Waals surface area contributed by atoms with Crippen LogP contribution in [-0.4, -0.2) is 27.2 Å². The molecule has 0 fully saturated rings. The largest absolute Gasteiger partial charge is 0.483 e. The van der Waals surface area contributed by atoms with E-state index in [-0.39, 0.29) is 12.5 Å². The summed E-state index contributed by atoms with van der Waals surface area (Å²) in [6, 6.07) is 12.2. The zero-order valence-electron chi connectivity index (χ0n) is 13.8. The molecule has 0 unspecified atom stereocenters. The summed E-state index contributed by atoms with van der Waals surface area (Å²) in [5.41, 5.74) is 2.95. The molecular weight excluding hydrogens is 328 g/mol. The summed E-state index contributed by atoms with van der Waals surface area (Å²) in [5, 5.41) is 2.67. The minimum Gasteiger partial charge on any atom is -0.483 e. The second-order valence-corrected chi connectivity index (χ2v) is 7.31. The number of nitrogens with one attached hydrogen (secondary N) is 2. The van der Waals surface area contributed by atoms with Gasteiger partial charge in [-0.2, -0.15) is 0 Å². The van der Waals surface area contributed by atoms with Gasteiger partial charge in [0.1, 0.15) is 5.75 Å². The van der Waals surface area contributed by atoms with Gasteiger partial charge in [0.2, 0.25) is 10.0 Å². The minimum absolute atomic E-state index is 0.131. The number of amides is 1. The topological polar surface area (TPSA) is 84.5 Å². The van der Waals surface area contributed by atoms with Gasteiger partial charge in [0, 0.05) is 5.69 Å². The van der Waals surface area contributed by atoms with Crippen LogP contribution >= 0.6 is 0 Å². The van der Waals surface area contributed by atoms with Gasteiger partial charge in [0.15, 0.2) is 6.61 Å². The maximum absolute atomic E-state index is 12.0. The van der Waals surface area contributed by atoms with Gasteiger partial charge < -0.3 is 10.1 Å². The van der Waals surface area contributed by atoms with Gasteiger partial charge >= 0.3 is 0 Å². The molecule has 2 aromatic carbocycles. The first-order valence-corrected chi connectivity index (χ1v) is 9.20. The molecule has 0 atom stereocenters. The Labute approximate surface area is 141 Å². The van der Waals surface area contributed by atoms with Crippen molar-refractivity contribution >= 4 is 27.3 Å². The van der Waals surface area contributed by atoms with Crippen molar-refractivity contribution in [2.75, 3.05) is 22.9 Å². The van der Waals surface area contributed by atoms with Crippen LogP contribution in [0.5, 0.6) is 5.75 Å². The van der Waals surface area contributed by atoms with Crippen LogP contribution in [0.25, 0.3) is 0 Å². The average Bonchev–Trinajstić information content (AvgIpc) is 2.45. The molecular formula is C17H20N2O4S. The lowest BCUT2D eigenvalue weighted by molar-refractivity contribution is -0.118. The molecule has 2 aromatic rings. The summed E-state index contributed by atoms with van der Waals surface area (Å²) >= 11 is 0. The third-order valence-corrected chi connectivity index (χ3v) is 3.75. The van der Waals surface area contributed by atoms with E-state index in [1.54, 1.807) is 18.2 Å². The van der Waals surface area contributed by atoms with E-state index < -0.39 is 10.0 Å². The monoisotopic (exact) mass is 348 g/mol. The molecule has 6 nitrogen and oxygen atoms in total. The number of rotatable bonds is 6. The smallest absolute Gasteiger partial charge is 0.262 e. The Kier molecular flexibility index (Phi) is 5.46. The first kappa shape index (κ1) is 17.8. The maximum atomic E-state index is 12.0. The Hall–Kier alpha value is -2.54. The molecule has 128 valence electrons. The third kappa shape index (κ3) is 5.58. The van der Waals surface area contributed by atoms with Crippen LogP contribution in [0.1, 0.15) is 11.1 Å². The molecule has 2 rings (SSSR count). The number of carbonyl (C=O) groups is 1. The fourth-order valence-electron chi connectivity index (χ4n) is 2.18. The lowest BCUT2D eigenvalue weighted by Crippen LogP contribution is -2.20. The molecule has 0 saturated carbocycles. The number of benzene rings is 2. The number of ether oxygens (including phenoxy) is 1. The SMILES string of the molecule is Cc1ccc(OCC(=O)Nc2cccc(NS(C)(=O)=O)c2)c(C)c1. The molecule has 7 heteroatoms. The van der Waals surface area contributed by atoms with Crippen molar-refractivity contribution in [3.8, 4) is 5.75 Å². The molecule has 0 saturated heterocycles. The summed E-state index contributed by atoms with van der Waals surface area (Å²) < 4.78 is 30.3. The minimum atomic E-state index is -3.36. The maximum Gasteiger partial charge on any atom is 0.262 e. The number of sulfonamides is 1. The number of carbonyl (C=O) groups excluding carboxylic acids is 1. The molecule has 0 aliphatic heterocycles. The standard InChI is InChI=1S/C17H20N2O4S/c1-12-7-8-16(13(2)9-12)23-11-17(20)18-14-5-4-6-15(10-14)19-24(3,21)22/h4-10,19H,11H2,1-3H3,(H,18,20). The Balaban J connectivity index is 1.96. The van der Waals surface area contributed by atoms with Gasteiger partial charge in [-0.15, -0.1) is 0 Å². The highest BCUT2D eigenvalue weighted by atomic mass is 32.2. The molecule has 2 N–H and O–H groups in total. The highest BCUT2D eigenvalue weighted by Crippen LogP contribution is 2.19. The predicted molar refractivity (Wildman–Crippen MR) is 94.9 cm³/mol. The average molecular weight is 348 g/mol. The molecule has 0 radical (unpaired) electrons. The highest BCUT2D eigenvalue weighted by molar-refractivity contribution is 7.92. The Morgan fingerprint density at radius 2 is 1.79 bits per heavy atom.